The fourth-order valence-corrected chi connectivity index (χ4v) is 1.80. The van der Waals surface area contributed by atoms with E-state index < -0.39 is 0 Å². The molecular weight excluding hydrogens is 204 g/mol. The fraction of sp³-hybridized carbons (Fsp3) is 0.727. The number of aromatic nitrogens is 2. The van der Waals surface area contributed by atoms with Crippen molar-refractivity contribution >= 4 is 5.82 Å². The lowest BCUT2D eigenvalue weighted by molar-refractivity contribution is 0.158. The maximum absolute atomic E-state index is 5.06. The van der Waals surface area contributed by atoms with E-state index in [4.69, 9.17) is 4.74 Å². The molecule has 0 fully saturated rings. The zero-order valence-corrected chi connectivity index (χ0v) is 10.9. The topological polar surface area (TPSA) is 42.3 Å². The highest BCUT2D eigenvalue weighted by atomic mass is 16.5. The number of ether oxygens (including phenoxy) is 1. The average molecular weight is 226 g/mol. The van der Waals surface area contributed by atoms with Gasteiger partial charge in [0.1, 0.15) is 5.82 Å². The van der Waals surface area contributed by atoms with Gasteiger partial charge in [0.15, 0.2) is 0 Å². The molecule has 5 heteroatoms. The summed E-state index contributed by atoms with van der Waals surface area (Å²) in [5.41, 5.74) is 2.33. The lowest BCUT2D eigenvalue weighted by atomic mass is 10.2. The number of rotatable bonds is 6. The van der Waals surface area contributed by atoms with Crippen LogP contribution in [0.1, 0.15) is 11.3 Å². The number of aryl methyl sites for hydroxylation is 2. The van der Waals surface area contributed by atoms with E-state index in [1.807, 2.05) is 25.7 Å². The number of anilines is 1. The third-order valence-corrected chi connectivity index (χ3v) is 2.69. The summed E-state index contributed by atoms with van der Waals surface area (Å²) in [5, 5.41) is 7.60. The molecule has 16 heavy (non-hydrogen) atoms. The fourth-order valence-electron chi connectivity index (χ4n) is 1.80. The number of methoxy groups -OCH3 is 1. The number of nitrogens with one attached hydrogen (secondary N) is 1. The van der Waals surface area contributed by atoms with Gasteiger partial charge in [-0.2, -0.15) is 5.10 Å². The van der Waals surface area contributed by atoms with Crippen LogP contribution >= 0.6 is 0 Å². The summed E-state index contributed by atoms with van der Waals surface area (Å²) >= 11 is 0. The lowest BCUT2D eigenvalue weighted by Crippen LogP contribution is -2.23. The first-order valence-corrected chi connectivity index (χ1v) is 5.47. The third-order valence-electron chi connectivity index (χ3n) is 2.69. The first-order valence-electron chi connectivity index (χ1n) is 5.47. The van der Waals surface area contributed by atoms with Crippen LogP contribution in [0, 0.1) is 6.92 Å². The van der Waals surface area contributed by atoms with Crippen molar-refractivity contribution in [1.82, 2.24) is 14.7 Å². The second kappa shape index (κ2) is 5.86. The van der Waals surface area contributed by atoms with Crippen molar-refractivity contribution in [2.24, 2.45) is 7.05 Å². The van der Waals surface area contributed by atoms with Gasteiger partial charge in [-0.1, -0.05) is 0 Å². The normalized spacial score (nSPS) is 11.1. The van der Waals surface area contributed by atoms with Crippen molar-refractivity contribution in [2.45, 2.75) is 13.5 Å². The Hall–Kier alpha value is -1.07. The minimum Gasteiger partial charge on any atom is -0.383 e. The van der Waals surface area contributed by atoms with Gasteiger partial charge in [-0.15, -0.1) is 0 Å². The van der Waals surface area contributed by atoms with E-state index in [-0.39, 0.29) is 0 Å². The van der Waals surface area contributed by atoms with E-state index >= 15 is 0 Å². The highest BCUT2D eigenvalue weighted by molar-refractivity contribution is 5.46. The van der Waals surface area contributed by atoms with E-state index in [1.165, 1.54) is 5.56 Å². The molecular formula is C11H22N4O. The zero-order chi connectivity index (χ0) is 12.1. The van der Waals surface area contributed by atoms with E-state index in [9.17, 15) is 0 Å². The summed E-state index contributed by atoms with van der Waals surface area (Å²) in [4.78, 5) is 2.23. The molecule has 0 bridgehead atoms. The maximum atomic E-state index is 5.06. The minimum atomic E-state index is 0.755. The predicted octanol–water partition coefficient (Wildman–Crippen LogP) is 0.848. The van der Waals surface area contributed by atoms with Crippen molar-refractivity contribution in [3.63, 3.8) is 0 Å². The second-order valence-corrected chi connectivity index (χ2v) is 4.02. The summed E-state index contributed by atoms with van der Waals surface area (Å²) in [6.45, 7) is 4.61. The smallest absolute Gasteiger partial charge is 0.128 e. The SMILES string of the molecule is CNc1c(CN(C)CCOC)c(C)nn1C. The highest BCUT2D eigenvalue weighted by Crippen LogP contribution is 2.19. The number of nitrogens with zero attached hydrogens (tertiary/aromatic N) is 3. The van der Waals surface area contributed by atoms with Gasteiger partial charge in [-0.25, -0.2) is 0 Å². The van der Waals surface area contributed by atoms with Crippen LogP contribution in [-0.4, -0.2) is 49.0 Å². The molecule has 0 spiro atoms. The molecule has 1 N–H and O–H groups in total. The Labute approximate surface area is 97.4 Å². The quantitative estimate of drug-likeness (QED) is 0.781. The number of hydrogen-bond acceptors (Lipinski definition) is 4. The molecule has 1 aromatic rings. The standard InChI is InChI=1S/C11H22N4O/c1-9-10(8-14(3)6-7-16-5)11(12-2)15(4)13-9/h12H,6-8H2,1-5H3. The van der Waals surface area contributed by atoms with Crippen LogP contribution in [0.4, 0.5) is 5.82 Å². The minimum absolute atomic E-state index is 0.755. The lowest BCUT2D eigenvalue weighted by Gasteiger charge is -2.16. The van der Waals surface area contributed by atoms with Crippen LogP contribution in [0.3, 0.4) is 0 Å². The van der Waals surface area contributed by atoms with Crippen LogP contribution in [0.15, 0.2) is 0 Å². The summed E-state index contributed by atoms with van der Waals surface area (Å²) in [6.07, 6.45) is 0. The first kappa shape index (κ1) is 13.0. The maximum Gasteiger partial charge on any atom is 0.128 e. The summed E-state index contributed by atoms with van der Waals surface area (Å²) < 4.78 is 6.95. The molecule has 1 rings (SSSR count). The van der Waals surface area contributed by atoms with Gasteiger partial charge < -0.3 is 10.1 Å². The predicted molar refractivity (Wildman–Crippen MR) is 65.7 cm³/mol. The zero-order valence-electron chi connectivity index (χ0n) is 10.9. The monoisotopic (exact) mass is 226 g/mol. The molecule has 5 nitrogen and oxygen atoms in total. The van der Waals surface area contributed by atoms with Gasteiger partial charge in [0, 0.05) is 39.9 Å². The van der Waals surface area contributed by atoms with Gasteiger partial charge in [0.05, 0.1) is 12.3 Å². The van der Waals surface area contributed by atoms with Crippen LogP contribution in [0.2, 0.25) is 0 Å². The van der Waals surface area contributed by atoms with E-state index in [1.54, 1.807) is 7.11 Å². The van der Waals surface area contributed by atoms with Crippen molar-refractivity contribution in [3.8, 4) is 0 Å². The van der Waals surface area contributed by atoms with Crippen LogP contribution in [-0.2, 0) is 18.3 Å². The van der Waals surface area contributed by atoms with Crippen LogP contribution < -0.4 is 5.32 Å². The largest absolute Gasteiger partial charge is 0.383 e. The molecule has 0 unspecified atom stereocenters. The van der Waals surface area contributed by atoms with Gasteiger partial charge in [-0.05, 0) is 14.0 Å². The van der Waals surface area contributed by atoms with Gasteiger partial charge in [0.25, 0.3) is 0 Å². The summed E-state index contributed by atoms with van der Waals surface area (Å²) in [7, 11) is 7.69. The van der Waals surface area contributed by atoms with Gasteiger partial charge >= 0.3 is 0 Å². The molecule has 0 radical (unpaired) electrons. The van der Waals surface area contributed by atoms with Gasteiger partial charge in [0.2, 0.25) is 0 Å². The van der Waals surface area contributed by atoms with E-state index in [0.717, 1.165) is 31.2 Å². The average Bonchev–Trinajstić information content (AvgIpc) is 2.50. The number of hydrogen-bond donors (Lipinski definition) is 1. The molecule has 92 valence electrons. The van der Waals surface area contributed by atoms with Crippen molar-refractivity contribution in [1.29, 1.82) is 0 Å². The molecule has 0 saturated heterocycles. The Balaban J connectivity index is 2.72. The molecule has 0 amide bonds. The Morgan fingerprint density at radius 2 is 2.19 bits per heavy atom. The van der Waals surface area contributed by atoms with Crippen molar-refractivity contribution in [3.05, 3.63) is 11.3 Å². The molecule has 0 aliphatic carbocycles. The third kappa shape index (κ3) is 2.96. The molecule has 0 aliphatic rings. The molecule has 0 aliphatic heterocycles. The van der Waals surface area contributed by atoms with Crippen LogP contribution in [0.5, 0.6) is 0 Å². The van der Waals surface area contributed by atoms with E-state index in [0.29, 0.717) is 0 Å². The van der Waals surface area contributed by atoms with Crippen molar-refractivity contribution < 1.29 is 4.74 Å². The molecule has 0 saturated carbocycles. The molecule has 0 aromatic carbocycles. The number of likely N-dealkylation sites (N-methyl/N-ethyl adjacent to an activating group) is 1. The molecule has 1 aromatic heterocycles. The van der Waals surface area contributed by atoms with E-state index in [2.05, 4.69) is 22.4 Å². The van der Waals surface area contributed by atoms with Crippen LogP contribution in [0.25, 0.3) is 0 Å². The Bertz CT molecular complexity index is 335. The first-order chi connectivity index (χ1) is 7.60. The Morgan fingerprint density at radius 3 is 2.75 bits per heavy atom. The molecule has 1 heterocycles. The highest BCUT2D eigenvalue weighted by Gasteiger charge is 2.13. The summed E-state index contributed by atoms with van der Waals surface area (Å²) in [5.74, 6) is 1.08. The van der Waals surface area contributed by atoms with Gasteiger partial charge in [-0.3, -0.25) is 9.58 Å². The summed E-state index contributed by atoms with van der Waals surface area (Å²) in [6, 6.07) is 0. The Kier molecular flexibility index (Phi) is 4.76. The Morgan fingerprint density at radius 1 is 1.50 bits per heavy atom. The molecule has 0 atom stereocenters. The van der Waals surface area contributed by atoms with Crippen molar-refractivity contribution in [2.75, 3.05) is 39.7 Å². The second-order valence-electron chi connectivity index (χ2n) is 4.02.